The van der Waals surface area contributed by atoms with E-state index < -0.39 is 4.92 Å². The first kappa shape index (κ1) is 21.2. The zero-order valence-corrected chi connectivity index (χ0v) is 18.4. The lowest BCUT2D eigenvalue weighted by molar-refractivity contribution is -0.385. The van der Waals surface area contributed by atoms with Gasteiger partial charge in [-0.05, 0) is 30.7 Å². The Morgan fingerprint density at radius 3 is 2.55 bits per heavy atom. The van der Waals surface area contributed by atoms with E-state index in [1.807, 2.05) is 24.3 Å². The van der Waals surface area contributed by atoms with E-state index >= 15 is 0 Å². The number of piperazine rings is 1. The van der Waals surface area contributed by atoms with Gasteiger partial charge in [0.1, 0.15) is 5.82 Å². The Bertz CT molecular complexity index is 1110. The standard InChI is InChI=1S/C21H20ClN5O3S/c1-14-2-5-16(13-18(14)27(29)30)20(28)25-8-10-26(11-9-25)21-23-19(24-31-21)12-15-3-6-17(22)7-4-15/h2-7,13H,8-12H2,1H3. The van der Waals surface area contributed by atoms with Gasteiger partial charge in [0.2, 0.25) is 5.13 Å². The number of hydrogen-bond acceptors (Lipinski definition) is 7. The molecule has 1 aromatic heterocycles. The highest BCUT2D eigenvalue weighted by molar-refractivity contribution is 7.09. The number of carbonyl (C=O) groups is 1. The van der Waals surface area contributed by atoms with E-state index in [-0.39, 0.29) is 11.6 Å². The van der Waals surface area contributed by atoms with E-state index in [2.05, 4.69) is 14.3 Å². The molecular weight excluding hydrogens is 438 g/mol. The van der Waals surface area contributed by atoms with Crippen molar-refractivity contribution in [2.75, 3.05) is 31.1 Å². The van der Waals surface area contributed by atoms with Crippen LogP contribution in [0.2, 0.25) is 5.02 Å². The molecule has 0 N–H and O–H groups in total. The molecule has 10 heteroatoms. The monoisotopic (exact) mass is 457 g/mol. The molecule has 1 saturated heterocycles. The molecule has 0 saturated carbocycles. The van der Waals surface area contributed by atoms with Crippen LogP contribution in [0.1, 0.15) is 27.3 Å². The predicted octanol–water partition coefficient (Wildman–Crippen LogP) is 3.96. The lowest BCUT2D eigenvalue weighted by Gasteiger charge is -2.34. The van der Waals surface area contributed by atoms with Crippen molar-refractivity contribution in [3.8, 4) is 0 Å². The molecule has 1 amide bonds. The largest absolute Gasteiger partial charge is 0.343 e. The van der Waals surface area contributed by atoms with Gasteiger partial charge < -0.3 is 9.80 Å². The maximum Gasteiger partial charge on any atom is 0.273 e. The van der Waals surface area contributed by atoms with E-state index in [0.717, 1.165) is 16.5 Å². The lowest BCUT2D eigenvalue weighted by atomic mass is 10.1. The highest BCUT2D eigenvalue weighted by Crippen LogP contribution is 2.23. The van der Waals surface area contributed by atoms with Gasteiger partial charge in [-0.25, -0.2) is 4.98 Å². The zero-order chi connectivity index (χ0) is 22.0. The summed E-state index contributed by atoms with van der Waals surface area (Å²) < 4.78 is 4.46. The highest BCUT2D eigenvalue weighted by Gasteiger charge is 2.25. The topological polar surface area (TPSA) is 92.5 Å². The fourth-order valence-electron chi connectivity index (χ4n) is 3.45. The van der Waals surface area contributed by atoms with Gasteiger partial charge in [-0.2, -0.15) is 4.37 Å². The second-order valence-electron chi connectivity index (χ2n) is 7.33. The van der Waals surface area contributed by atoms with Gasteiger partial charge in [0.05, 0.1) is 4.92 Å². The summed E-state index contributed by atoms with van der Waals surface area (Å²) in [5, 5.41) is 12.7. The third-order valence-corrected chi connectivity index (χ3v) is 6.29. The Labute approximate surface area is 188 Å². The fourth-order valence-corrected chi connectivity index (χ4v) is 4.31. The van der Waals surface area contributed by atoms with Crippen molar-refractivity contribution in [3.63, 3.8) is 0 Å². The molecule has 2 heterocycles. The van der Waals surface area contributed by atoms with Crippen LogP contribution < -0.4 is 4.90 Å². The number of aromatic nitrogens is 2. The van der Waals surface area contributed by atoms with Crippen LogP contribution >= 0.6 is 23.1 Å². The minimum absolute atomic E-state index is 0.0356. The van der Waals surface area contributed by atoms with Crippen molar-refractivity contribution in [2.45, 2.75) is 13.3 Å². The number of carbonyl (C=O) groups excluding carboxylic acids is 1. The van der Waals surface area contributed by atoms with Crippen molar-refractivity contribution < 1.29 is 9.72 Å². The second-order valence-corrected chi connectivity index (χ2v) is 8.50. The van der Waals surface area contributed by atoms with E-state index in [0.29, 0.717) is 48.7 Å². The van der Waals surface area contributed by atoms with E-state index in [4.69, 9.17) is 11.6 Å². The summed E-state index contributed by atoms with van der Waals surface area (Å²) in [4.78, 5) is 32.0. The number of aryl methyl sites for hydroxylation is 1. The molecule has 1 aliphatic rings. The molecule has 4 rings (SSSR count). The smallest absolute Gasteiger partial charge is 0.273 e. The average Bonchev–Trinajstić information content (AvgIpc) is 3.23. The van der Waals surface area contributed by atoms with Crippen LogP contribution in [0.3, 0.4) is 0 Å². The van der Waals surface area contributed by atoms with E-state index in [9.17, 15) is 14.9 Å². The van der Waals surface area contributed by atoms with Crippen LogP contribution in [-0.4, -0.2) is 51.3 Å². The van der Waals surface area contributed by atoms with Gasteiger partial charge >= 0.3 is 0 Å². The molecule has 0 unspecified atom stereocenters. The van der Waals surface area contributed by atoms with Crippen LogP contribution in [0.15, 0.2) is 42.5 Å². The molecule has 0 bridgehead atoms. The van der Waals surface area contributed by atoms with Gasteiger partial charge in [-0.3, -0.25) is 14.9 Å². The number of amides is 1. The second kappa shape index (κ2) is 8.99. The Kier molecular flexibility index (Phi) is 6.15. The number of halogens is 1. The Hall–Kier alpha value is -3.04. The van der Waals surface area contributed by atoms with Crippen molar-refractivity contribution in [1.82, 2.24) is 14.3 Å². The maximum atomic E-state index is 12.8. The van der Waals surface area contributed by atoms with Crippen molar-refractivity contribution in [3.05, 3.63) is 80.1 Å². The van der Waals surface area contributed by atoms with Crippen molar-refractivity contribution in [2.24, 2.45) is 0 Å². The first-order valence-electron chi connectivity index (χ1n) is 9.77. The van der Waals surface area contributed by atoms with Crippen LogP contribution in [0, 0.1) is 17.0 Å². The maximum absolute atomic E-state index is 12.8. The normalized spacial score (nSPS) is 14.0. The molecule has 160 valence electrons. The molecule has 2 aromatic carbocycles. The molecule has 1 aliphatic heterocycles. The van der Waals surface area contributed by atoms with E-state index in [1.165, 1.54) is 17.6 Å². The van der Waals surface area contributed by atoms with Gasteiger partial charge in [0.25, 0.3) is 11.6 Å². The third kappa shape index (κ3) is 4.83. The highest BCUT2D eigenvalue weighted by atomic mass is 35.5. The third-order valence-electron chi connectivity index (χ3n) is 5.22. The van der Waals surface area contributed by atoms with Crippen molar-refractivity contribution in [1.29, 1.82) is 0 Å². The minimum atomic E-state index is -0.457. The molecule has 0 spiro atoms. The molecule has 0 radical (unpaired) electrons. The predicted molar refractivity (Wildman–Crippen MR) is 120 cm³/mol. The zero-order valence-electron chi connectivity index (χ0n) is 16.8. The van der Waals surface area contributed by atoms with Crippen molar-refractivity contribution >= 4 is 39.9 Å². The molecule has 8 nitrogen and oxygen atoms in total. The molecule has 1 fully saturated rings. The summed E-state index contributed by atoms with van der Waals surface area (Å²) in [6.45, 7) is 3.97. The molecule has 0 atom stereocenters. The first-order valence-corrected chi connectivity index (χ1v) is 10.9. The van der Waals surface area contributed by atoms with Crippen LogP contribution in [0.25, 0.3) is 0 Å². The molecular formula is C21H20ClN5O3S. The summed E-state index contributed by atoms with van der Waals surface area (Å²) >= 11 is 7.28. The first-order chi connectivity index (χ1) is 14.9. The summed E-state index contributed by atoms with van der Waals surface area (Å²) in [6, 6.07) is 12.2. The van der Waals surface area contributed by atoms with Gasteiger partial charge in [-0.15, -0.1) is 0 Å². The summed E-state index contributed by atoms with van der Waals surface area (Å²) in [5.74, 6) is 0.566. The van der Waals surface area contributed by atoms with Crippen LogP contribution in [-0.2, 0) is 6.42 Å². The van der Waals surface area contributed by atoms with Gasteiger partial charge in [0.15, 0.2) is 0 Å². The Balaban J connectivity index is 1.37. The Morgan fingerprint density at radius 2 is 1.87 bits per heavy atom. The van der Waals surface area contributed by atoms with Crippen LogP contribution in [0.4, 0.5) is 10.8 Å². The van der Waals surface area contributed by atoms with Gasteiger partial charge in [-0.1, -0.05) is 29.8 Å². The minimum Gasteiger partial charge on any atom is -0.343 e. The fraction of sp³-hybridized carbons (Fsp3) is 0.286. The molecule has 3 aromatic rings. The number of nitro groups is 1. The number of rotatable bonds is 5. The Morgan fingerprint density at radius 1 is 1.16 bits per heavy atom. The number of anilines is 1. The summed E-state index contributed by atoms with van der Waals surface area (Å²) in [7, 11) is 0. The summed E-state index contributed by atoms with van der Waals surface area (Å²) in [6.07, 6.45) is 0.637. The van der Waals surface area contributed by atoms with E-state index in [1.54, 1.807) is 24.0 Å². The SMILES string of the molecule is Cc1ccc(C(=O)N2CCN(c3nc(Cc4ccc(Cl)cc4)ns3)CC2)cc1[N+](=O)[O-]. The van der Waals surface area contributed by atoms with Crippen LogP contribution in [0.5, 0.6) is 0 Å². The average molecular weight is 458 g/mol. The number of nitro benzene ring substituents is 1. The van der Waals surface area contributed by atoms with Gasteiger partial charge in [0, 0.05) is 66.3 Å². The quantitative estimate of drug-likeness (QED) is 0.425. The lowest BCUT2D eigenvalue weighted by Crippen LogP contribution is -2.48. The number of nitrogens with zero attached hydrogens (tertiary/aromatic N) is 5. The number of benzene rings is 2. The molecule has 0 aliphatic carbocycles. The molecule has 31 heavy (non-hydrogen) atoms. The summed E-state index contributed by atoms with van der Waals surface area (Å²) in [5.41, 5.74) is 1.94. The number of hydrogen-bond donors (Lipinski definition) is 0.